The van der Waals surface area contributed by atoms with E-state index >= 15 is 0 Å². The fourth-order valence-corrected chi connectivity index (χ4v) is 10.2. The summed E-state index contributed by atoms with van der Waals surface area (Å²) in [6, 6.07) is 54.3. The Labute approximate surface area is 332 Å². The van der Waals surface area contributed by atoms with Gasteiger partial charge in [-0.1, -0.05) is 133 Å². The van der Waals surface area contributed by atoms with Crippen molar-refractivity contribution in [2.24, 2.45) is 15.9 Å². The maximum atomic E-state index is 6.83. The summed E-state index contributed by atoms with van der Waals surface area (Å²) >= 11 is 1.85. The summed E-state index contributed by atoms with van der Waals surface area (Å²) in [7, 11) is 0. The van der Waals surface area contributed by atoms with Crippen molar-refractivity contribution in [3.05, 3.63) is 187 Å². The van der Waals surface area contributed by atoms with Gasteiger partial charge in [0.15, 0.2) is 5.84 Å². The van der Waals surface area contributed by atoms with Gasteiger partial charge in [0.1, 0.15) is 23.2 Å². The van der Waals surface area contributed by atoms with Gasteiger partial charge in [0, 0.05) is 53.3 Å². The van der Waals surface area contributed by atoms with Gasteiger partial charge in [-0.15, -0.1) is 11.3 Å². The minimum atomic E-state index is -0.261. The highest BCUT2D eigenvalue weighted by Crippen LogP contribution is 2.45. The lowest BCUT2D eigenvalue weighted by atomic mass is 9.95. The van der Waals surface area contributed by atoms with Gasteiger partial charge in [-0.2, -0.15) is 0 Å². The summed E-state index contributed by atoms with van der Waals surface area (Å²) in [4.78, 5) is 10.4. The number of hydrogen-bond donors (Lipinski definition) is 1. The van der Waals surface area contributed by atoms with Crippen LogP contribution in [0.5, 0.6) is 0 Å². The summed E-state index contributed by atoms with van der Waals surface area (Å²) in [6.07, 6.45) is 9.24. The van der Waals surface area contributed by atoms with E-state index in [1.54, 1.807) is 0 Å². The van der Waals surface area contributed by atoms with Crippen molar-refractivity contribution >= 4 is 86.9 Å². The van der Waals surface area contributed by atoms with E-state index in [0.29, 0.717) is 5.84 Å². The lowest BCUT2D eigenvalue weighted by Gasteiger charge is -2.27. The zero-order valence-corrected chi connectivity index (χ0v) is 31.6. The zero-order valence-electron chi connectivity index (χ0n) is 30.8. The number of amidine groups is 2. The predicted octanol–water partition coefficient (Wildman–Crippen LogP) is 13.3. The summed E-state index contributed by atoms with van der Waals surface area (Å²) in [5.74, 6) is 1.74. The Kier molecular flexibility index (Phi) is 7.22. The number of aromatic nitrogens is 1. The molecule has 0 spiro atoms. The monoisotopic (exact) mass is 750 g/mol. The van der Waals surface area contributed by atoms with Gasteiger partial charge in [-0.05, 0) is 65.6 Å². The van der Waals surface area contributed by atoms with Crippen molar-refractivity contribution in [3.8, 4) is 16.8 Å². The molecular formula is C51H34N4OS. The van der Waals surface area contributed by atoms with E-state index in [2.05, 4.69) is 180 Å². The van der Waals surface area contributed by atoms with Crippen molar-refractivity contribution in [1.82, 2.24) is 9.88 Å². The maximum absolute atomic E-state index is 6.83. The van der Waals surface area contributed by atoms with Crippen LogP contribution in [0.2, 0.25) is 0 Å². The largest absolute Gasteiger partial charge is 0.455 e. The molecular weight excluding hydrogens is 717 g/mol. The van der Waals surface area contributed by atoms with E-state index in [4.69, 9.17) is 14.4 Å². The molecule has 0 saturated carbocycles. The molecule has 0 bridgehead atoms. The number of furan rings is 1. The van der Waals surface area contributed by atoms with Gasteiger partial charge in [-0.3, -0.25) is 0 Å². The Balaban J connectivity index is 1.02. The molecule has 0 saturated heterocycles. The number of fused-ring (bicyclic) bond motifs is 9. The molecule has 270 valence electrons. The first-order valence-electron chi connectivity index (χ1n) is 19.5. The maximum Gasteiger partial charge on any atom is 0.162 e. The molecule has 2 atom stereocenters. The Morgan fingerprint density at radius 3 is 2.14 bits per heavy atom. The van der Waals surface area contributed by atoms with Gasteiger partial charge in [-0.25, -0.2) is 9.98 Å². The summed E-state index contributed by atoms with van der Waals surface area (Å²) in [5, 5.41) is 10.9. The average molecular weight is 751 g/mol. The molecule has 7 aromatic carbocycles. The van der Waals surface area contributed by atoms with Crippen LogP contribution in [0.15, 0.2) is 190 Å². The number of aliphatic imine (C=N–C) groups is 2. The number of rotatable bonds is 5. The van der Waals surface area contributed by atoms with E-state index in [1.165, 1.54) is 53.2 Å². The third kappa shape index (κ3) is 5.07. The molecule has 3 aromatic heterocycles. The van der Waals surface area contributed by atoms with Crippen molar-refractivity contribution in [2.75, 3.05) is 0 Å². The Morgan fingerprint density at radius 1 is 0.614 bits per heavy atom. The molecule has 5 nitrogen and oxygen atoms in total. The molecule has 0 amide bonds. The quantitative estimate of drug-likeness (QED) is 0.190. The van der Waals surface area contributed by atoms with Crippen LogP contribution in [-0.2, 0) is 0 Å². The molecule has 12 rings (SSSR count). The van der Waals surface area contributed by atoms with Gasteiger partial charge in [0.25, 0.3) is 0 Å². The predicted molar refractivity (Wildman–Crippen MR) is 239 cm³/mol. The Bertz CT molecular complexity index is 3320. The summed E-state index contributed by atoms with van der Waals surface area (Å²) in [6.45, 7) is 0. The summed E-state index contributed by atoms with van der Waals surface area (Å²) < 4.78 is 11.8. The molecule has 0 fully saturated rings. The molecule has 1 aliphatic heterocycles. The average Bonchev–Trinajstić information content (AvgIpc) is 3.96. The van der Waals surface area contributed by atoms with Crippen LogP contribution in [0.3, 0.4) is 0 Å². The van der Waals surface area contributed by atoms with Crippen LogP contribution in [0.25, 0.3) is 80.7 Å². The number of thiophene rings is 1. The lowest BCUT2D eigenvalue weighted by molar-refractivity contribution is 0.641. The normalized spacial score (nSPS) is 16.9. The lowest BCUT2D eigenvalue weighted by Crippen LogP contribution is -2.37. The molecule has 2 unspecified atom stereocenters. The SMILES string of the molecule is C1=CCC(C2=NC(c3cccc4c3oc3cccc(-c5cccc6sc7cc(-n8c9ccccc9c9ccccc98)ccc7c56)c34)=NC(c3ccccc3)N2)C=C1. The van der Waals surface area contributed by atoms with Crippen molar-refractivity contribution in [1.29, 1.82) is 0 Å². The number of nitrogens with one attached hydrogen (secondary N) is 1. The number of allylic oxidation sites excluding steroid dienone is 3. The van der Waals surface area contributed by atoms with Gasteiger partial charge in [0.2, 0.25) is 0 Å². The molecule has 1 N–H and O–H groups in total. The minimum absolute atomic E-state index is 0.146. The number of benzene rings is 7. The highest BCUT2D eigenvalue weighted by molar-refractivity contribution is 7.26. The first-order chi connectivity index (χ1) is 28.3. The van der Waals surface area contributed by atoms with E-state index < -0.39 is 0 Å². The second kappa shape index (κ2) is 12.8. The first kappa shape index (κ1) is 32.2. The van der Waals surface area contributed by atoms with Gasteiger partial charge in [0.05, 0.1) is 16.6 Å². The molecule has 10 aromatic rings. The van der Waals surface area contributed by atoms with Crippen molar-refractivity contribution < 1.29 is 4.42 Å². The van der Waals surface area contributed by atoms with Crippen LogP contribution >= 0.6 is 11.3 Å². The van der Waals surface area contributed by atoms with Gasteiger partial charge >= 0.3 is 0 Å². The summed E-state index contributed by atoms with van der Waals surface area (Å²) in [5.41, 5.74) is 9.58. The second-order valence-corrected chi connectivity index (χ2v) is 15.9. The van der Waals surface area contributed by atoms with Crippen LogP contribution < -0.4 is 5.32 Å². The highest BCUT2D eigenvalue weighted by Gasteiger charge is 2.27. The molecule has 4 heterocycles. The fraction of sp³-hybridized carbons (Fsp3) is 0.0588. The fourth-order valence-electron chi connectivity index (χ4n) is 8.99. The van der Waals surface area contributed by atoms with Crippen LogP contribution in [0.4, 0.5) is 0 Å². The molecule has 2 aliphatic rings. The third-order valence-corrected chi connectivity index (χ3v) is 12.7. The Hall–Kier alpha value is -7.02. The standard InChI is InChI=1S/C51H34N4OS/c1-3-14-31(15-4-1)49-52-50(32-16-5-2-6-17-32)54-51(53-49)40-23-11-22-39-46-36(20-12-26-43(46)56-48(39)40)37-21-13-27-44-47(37)38-29-28-33(30-45(38)57-44)55-41-24-9-7-18-34(41)35-19-8-10-25-42(35)55/h1-16,18-30,32,49H,17H2,(H,52,53,54). The Morgan fingerprint density at radius 2 is 1.33 bits per heavy atom. The van der Waals surface area contributed by atoms with Crippen LogP contribution in [0, 0.1) is 5.92 Å². The van der Waals surface area contributed by atoms with Crippen LogP contribution in [0.1, 0.15) is 23.7 Å². The molecule has 0 radical (unpaired) electrons. The van der Waals surface area contributed by atoms with Crippen LogP contribution in [-0.4, -0.2) is 16.2 Å². The van der Waals surface area contributed by atoms with Crippen molar-refractivity contribution in [2.45, 2.75) is 12.6 Å². The topological polar surface area (TPSA) is 54.8 Å². The van der Waals surface area contributed by atoms with E-state index in [0.717, 1.165) is 50.9 Å². The second-order valence-electron chi connectivity index (χ2n) is 14.9. The smallest absolute Gasteiger partial charge is 0.162 e. The first-order valence-corrected chi connectivity index (χ1v) is 20.3. The zero-order chi connectivity index (χ0) is 37.5. The van der Waals surface area contributed by atoms with Crippen molar-refractivity contribution in [3.63, 3.8) is 0 Å². The minimum Gasteiger partial charge on any atom is -0.455 e. The molecule has 6 heteroatoms. The highest BCUT2D eigenvalue weighted by atomic mass is 32.1. The third-order valence-electron chi connectivity index (χ3n) is 11.6. The molecule has 1 aliphatic carbocycles. The number of para-hydroxylation sites is 3. The number of nitrogens with zero attached hydrogens (tertiary/aromatic N) is 3. The molecule has 57 heavy (non-hydrogen) atoms. The van der Waals surface area contributed by atoms with Gasteiger partial charge < -0.3 is 14.3 Å². The van der Waals surface area contributed by atoms with E-state index in [9.17, 15) is 0 Å². The van der Waals surface area contributed by atoms with E-state index in [1.807, 2.05) is 17.4 Å². The number of hydrogen-bond acceptors (Lipinski definition) is 5. The van der Waals surface area contributed by atoms with E-state index in [-0.39, 0.29) is 12.1 Å².